The third-order valence-corrected chi connectivity index (χ3v) is 3.75. The van der Waals surface area contributed by atoms with Crippen molar-refractivity contribution in [1.82, 2.24) is 0 Å². The van der Waals surface area contributed by atoms with Gasteiger partial charge in [-0.05, 0) is 24.5 Å². The van der Waals surface area contributed by atoms with Crippen molar-refractivity contribution < 1.29 is 0 Å². The van der Waals surface area contributed by atoms with Gasteiger partial charge in [-0.25, -0.2) is 0 Å². The Morgan fingerprint density at radius 2 is 2.12 bits per heavy atom. The molecule has 0 spiro atoms. The molecule has 1 unspecified atom stereocenters. The maximum absolute atomic E-state index is 4.55. The lowest BCUT2D eigenvalue weighted by atomic mass is 10.0. The first-order chi connectivity index (χ1) is 7.66. The highest BCUT2D eigenvalue weighted by molar-refractivity contribution is 8.14. The molecule has 2 rings (SSSR count). The fourth-order valence-electron chi connectivity index (χ4n) is 1.77. The molecule has 86 valence electrons. The number of para-hydroxylation sites is 1. The van der Waals surface area contributed by atoms with Crippen LogP contribution in [0.15, 0.2) is 29.3 Å². The van der Waals surface area contributed by atoms with Crippen LogP contribution in [0.1, 0.15) is 32.3 Å². The first kappa shape index (κ1) is 11.5. The minimum absolute atomic E-state index is 0.443. The molecule has 3 heteroatoms. The van der Waals surface area contributed by atoms with Crippen LogP contribution in [0.3, 0.4) is 0 Å². The van der Waals surface area contributed by atoms with Crippen molar-refractivity contribution in [3.05, 3.63) is 29.8 Å². The number of rotatable bonds is 2. The molecule has 1 heterocycles. The van der Waals surface area contributed by atoms with E-state index in [4.69, 9.17) is 0 Å². The van der Waals surface area contributed by atoms with E-state index in [0.29, 0.717) is 12.0 Å². The van der Waals surface area contributed by atoms with Crippen LogP contribution in [0.2, 0.25) is 0 Å². The fourth-order valence-corrected chi connectivity index (χ4v) is 2.68. The van der Waals surface area contributed by atoms with Gasteiger partial charge in [0.05, 0.1) is 6.04 Å². The molecule has 2 nitrogen and oxygen atoms in total. The lowest BCUT2D eigenvalue weighted by molar-refractivity contribution is 0.862. The molecule has 16 heavy (non-hydrogen) atoms. The van der Waals surface area contributed by atoms with Crippen LogP contribution in [0, 0.1) is 0 Å². The fraction of sp³-hybridized carbons (Fsp3) is 0.462. The lowest BCUT2D eigenvalue weighted by Crippen LogP contribution is -2.07. The molecule has 0 radical (unpaired) electrons. The van der Waals surface area contributed by atoms with Gasteiger partial charge in [0.25, 0.3) is 0 Å². The Kier molecular flexibility index (Phi) is 3.54. The van der Waals surface area contributed by atoms with Crippen molar-refractivity contribution in [2.24, 2.45) is 4.99 Å². The molecule has 0 amide bonds. The summed E-state index contributed by atoms with van der Waals surface area (Å²) in [5, 5.41) is 4.49. The normalized spacial score (nSPS) is 20.0. The van der Waals surface area contributed by atoms with E-state index in [-0.39, 0.29) is 0 Å². The largest absolute Gasteiger partial charge is 0.335 e. The Morgan fingerprint density at radius 3 is 2.75 bits per heavy atom. The molecule has 0 saturated carbocycles. The molecule has 1 N–H and O–H groups in total. The number of amidine groups is 1. The van der Waals surface area contributed by atoms with Gasteiger partial charge in [0, 0.05) is 11.4 Å². The summed E-state index contributed by atoms with van der Waals surface area (Å²) in [5.74, 6) is 1.62. The topological polar surface area (TPSA) is 24.4 Å². The quantitative estimate of drug-likeness (QED) is 0.843. The third kappa shape index (κ3) is 2.59. The highest BCUT2D eigenvalue weighted by Crippen LogP contribution is 2.26. The number of anilines is 1. The van der Waals surface area contributed by atoms with E-state index in [0.717, 1.165) is 10.9 Å². The predicted octanol–water partition coefficient (Wildman–Crippen LogP) is 3.71. The van der Waals surface area contributed by atoms with Gasteiger partial charge in [-0.1, -0.05) is 43.8 Å². The van der Waals surface area contributed by atoms with E-state index in [1.165, 1.54) is 11.3 Å². The van der Waals surface area contributed by atoms with Crippen LogP contribution >= 0.6 is 11.8 Å². The first-order valence-corrected chi connectivity index (χ1v) is 6.72. The molecule has 0 fully saturated rings. The van der Waals surface area contributed by atoms with E-state index in [9.17, 15) is 0 Å². The van der Waals surface area contributed by atoms with Gasteiger partial charge in [-0.2, -0.15) is 0 Å². The van der Waals surface area contributed by atoms with E-state index in [1.54, 1.807) is 11.8 Å². The molecular formula is C13H18N2S. The standard InChI is InChI=1S/C13H18N2S/c1-9(2)11-6-4-5-7-12(11)15-13-14-10(3)8-16-13/h4-7,9-10H,8H2,1-3H3,(H,14,15). The summed E-state index contributed by atoms with van der Waals surface area (Å²) in [6.45, 7) is 6.58. The first-order valence-electron chi connectivity index (χ1n) is 5.73. The summed E-state index contributed by atoms with van der Waals surface area (Å²) in [5.41, 5.74) is 2.54. The molecule has 1 atom stereocenters. The average Bonchev–Trinajstić information content (AvgIpc) is 2.64. The number of benzene rings is 1. The number of nitrogens with one attached hydrogen (secondary N) is 1. The van der Waals surface area contributed by atoms with Gasteiger partial charge >= 0.3 is 0 Å². The summed E-state index contributed by atoms with van der Waals surface area (Å²) in [4.78, 5) is 4.55. The summed E-state index contributed by atoms with van der Waals surface area (Å²) in [7, 11) is 0. The van der Waals surface area contributed by atoms with Gasteiger partial charge in [0.15, 0.2) is 5.17 Å². The molecule has 0 bridgehead atoms. The minimum atomic E-state index is 0.443. The molecule has 1 aliphatic heterocycles. The number of aliphatic imine (C=N–C) groups is 1. The zero-order chi connectivity index (χ0) is 11.5. The van der Waals surface area contributed by atoms with Crippen molar-refractivity contribution in [2.45, 2.75) is 32.7 Å². The average molecular weight is 234 g/mol. The van der Waals surface area contributed by atoms with Crippen molar-refractivity contribution in [1.29, 1.82) is 0 Å². The monoisotopic (exact) mass is 234 g/mol. The minimum Gasteiger partial charge on any atom is -0.335 e. The van der Waals surface area contributed by atoms with E-state index in [1.807, 2.05) is 0 Å². The molecule has 1 aromatic carbocycles. The van der Waals surface area contributed by atoms with Gasteiger partial charge in [-0.15, -0.1) is 0 Å². The van der Waals surface area contributed by atoms with Gasteiger partial charge < -0.3 is 5.32 Å². The van der Waals surface area contributed by atoms with E-state index >= 15 is 0 Å². The van der Waals surface area contributed by atoms with Crippen molar-refractivity contribution in [3.63, 3.8) is 0 Å². The van der Waals surface area contributed by atoms with Gasteiger partial charge in [0.1, 0.15) is 0 Å². The molecule has 0 aromatic heterocycles. The maximum atomic E-state index is 4.55. The summed E-state index contributed by atoms with van der Waals surface area (Å²) in [6.07, 6.45) is 0. The number of thioether (sulfide) groups is 1. The smallest absolute Gasteiger partial charge is 0.161 e. The highest BCUT2D eigenvalue weighted by Gasteiger charge is 2.15. The second-order valence-corrected chi connectivity index (χ2v) is 5.47. The summed E-state index contributed by atoms with van der Waals surface area (Å²) >= 11 is 1.80. The van der Waals surface area contributed by atoms with Crippen LogP contribution in [-0.2, 0) is 0 Å². The van der Waals surface area contributed by atoms with Crippen LogP contribution < -0.4 is 5.32 Å². The predicted molar refractivity (Wildman–Crippen MR) is 73.5 cm³/mol. The molecule has 1 aromatic rings. The zero-order valence-corrected chi connectivity index (χ0v) is 10.8. The summed E-state index contributed by atoms with van der Waals surface area (Å²) < 4.78 is 0. The molecule has 1 aliphatic rings. The number of hydrogen-bond acceptors (Lipinski definition) is 3. The van der Waals surface area contributed by atoms with Gasteiger partial charge in [-0.3, -0.25) is 4.99 Å². The highest BCUT2D eigenvalue weighted by atomic mass is 32.2. The van der Waals surface area contributed by atoms with E-state index in [2.05, 4.69) is 55.3 Å². The third-order valence-electron chi connectivity index (χ3n) is 2.62. The van der Waals surface area contributed by atoms with Gasteiger partial charge in [0.2, 0.25) is 0 Å². The van der Waals surface area contributed by atoms with Crippen molar-refractivity contribution >= 4 is 22.6 Å². The van der Waals surface area contributed by atoms with Crippen LogP contribution in [0.25, 0.3) is 0 Å². The lowest BCUT2D eigenvalue weighted by Gasteiger charge is -2.13. The van der Waals surface area contributed by atoms with Crippen LogP contribution in [0.5, 0.6) is 0 Å². The van der Waals surface area contributed by atoms with Crippen molar-refractivity contribution in [2.75, 3.05) is 11.1 Å². The Labute approximate surface area is 102 Å². The zero-order valence-electron chi connectivity index (χ0n) is 10.0. The second-order valence-electron chi connectivity index (χ2n) is 4.46. The Hall–Kier alpha value is -0.960. The Balaban J connectivity index is 2.18. The maximum Gasteiger partial charge on any atom is 0.161 e. The SMILES string of the molecule is CC1CSC(Nc2ccccc2C(C)C)=N1. The van der Waals surface area contributed by atoms with Crippen LogP contribution in [-0.4, -0.2) is 17.0 Å². The number of hydrogen-bond donors (Lipinski definition) is 1. The number of nitrogens with zero attached hydrogens (tertiary/aromatic N) is 1. The Morgan fingerprint density at radius 1 is 1.38 bits per heavy atom. The summed E-state index contributed by atoms with van der Waals surface area (Å²) in [6, 6.07) is 8.90. The second kappa shape index (κ2) is 4.91. The van der Waals surface area contributed by atoms with Crippen LogP contribution in [0.4, 0.5) is 5.69 Å². The molecular weight excluding hydrogens is 216 g/mol. The van der Waals surface area contributed by atoms with E-state index < -0.39 is 0 Å². The molecule has 0 aliphatic carbocycles. The van der Waals surface area contributed by atoms with Crippen molar-refractivity contribution in [3.8, 4) is 0 Å². The molecule has 0 saturated heterocycles. The Bertz CT molecular complexity index is 399.